The third-order valence-electron chi connectivity index (χ3n) is 5.15. The lowest BCUT2D eigenvalue weighted by Gasteiger charge is -2.21. The Morgan fingerprint density at radius 2 is 1.76 bits per heavy atom. The molecule has 3 aromatic carbocycles. The summed E-state index contributed by atoms with van der Waals surface area (Å²) in [4.78, 5) is 29.0. The van der Waals surface area contributed by atoms with Gasteiger partial charge in [-0.05, 0) is 30.3 Å². The minimum absolute atomic E-state index is 0.0306. The zero-order valence-corrected chi connectivity index (χ0v) is 19.1. The summed E-state index contributed by atoms with van der Waals surface area (Å²) < 4.78 is 17.8. The molecule has 8 nitrogen and oxygen atoms in total. The van der Waals surface area contributed by atoms with E-state index in [1.165, 1.54) is 11.7 Å². The number of carbonyl (C=O) groups excluding carboxylic acids is 1. The van der Waals surface area contributed by atoms with E-state index >= 15 is 0 Å². The van der Waals surface area contributed by atoms with Gasteiger partial charge in [0.15, 0.2) is 17.6 Å². The number of primary amides is 1. The van der Waals surface area contributed by atoms with Crippen LogP contribution in [-0.2, 0) is 11.3 Å². The summed E-state index contributed by atoms with van der Waals surface area (Å²) in [5.41, 5.74) is 6.64. The monoisotopic (exact) mass is 479 g/mol. The Hall–Kier alpha value is -4.04. The highest BCUT2D eigenvalue weighted by atomic mass is 35.5. The number of nitrogens with zero attached hydrogens (tertiary/aromatic N) is 2. The Bertz CT molecular complexity index is 1370. The van der Waals surface area contributed by atoms with Crippen LogP contribution in [0.25, 0.3) is 22.2 Å². The molecule has 1 amide bonds. The first-order valence-corrected chi connectivity index (χ1v) is 10.8. The zero-order valence-electron chi connectivity index (χ0n) is 18.3. The van der Waals surface area contributed by atoms with Gasteiger partial charge in [-0.25, -0.2) is 9.59 Å². The highest BCUT2D eigenvalue weighted by molar-refractivity contribution is 6.31. The second-order valence-corrected chi connectivity index (χ2v) is 7.84. The third-order valence-corrected chi connectivity index (χ3v) is 5.39. The van der Waals surface area contributed by atoms with Crippen LogP contribution in [-0.4, -0.2) is 35.5 Å². The first kappa shape index (κ1) is 23.1. The number of nitrogens with two attached hydrogens (primary N) is 1. The molecular weight excluding hydrogens is 458 g/mol. The number of rotatable bonds is 8. The SMILES string of the molecule is COc1ccccc1OCC(Cn1c(=O)nc(-c2ccccc2)c2cc(Cl)ccc21)OC(N)=O. The van der Waals surface area contributed by atoms with Crippen molar-refractivity contribution in [1.29, 1.82) is 0 Å². The summed E-state index contributed by atoms with van der Waals surface area (Å²) in [7, 11) is 1.52. The number of carbonyl (C=O) groups is 1. The standard InChI is InChI=1S/C25H22ClN3O5/c1-32-21-9-5-6-10-22(21)33-15-18(34-24(27)30)14-29-20-12-11-17(26)13-19(20)23(28-25(29)31)16-7-3-2-4-8-16/h2-13,18H,14-15H2,1H3,(H2,27,30). The number of amides is 1. The average Bonchev–Trinajstić information content (AvgIpc) is 2.84. The Morgan fingerprint density at radius 1 is 1.06 bits per heavy atom. The molecule has 0 spiro atoms. The van der Waals surface area contributed by atoms with Crippen LogP contribution >= 0.6 is 11.6 Å². The Kier molecular flexibility index (Phi) is 6.98. The number of ether oxygens (including phenoxy) is 3. The summed E-state index contributed by atoms with van der Waals surface area (Å²) in [5, 5.41) is 1.18. The molecule has 0 aliphatic carbocycles. The fourth-order valence-corrected chi connectivity index (χ4v) is 3.83. The number of methoxy groups -OCH3 is 1. The van der Waals surface area contributed by atoms with Crippen LogP contribution in [0.5, 0.6) is 11.5 Å². The molecule has 0 saturated heterocycles. The Labute approximate surface area is 200 Å². The van der Waals surface area contributed by atoms with Crippen molar-refractivity contribution in [3.05, 3.63) is 88.3 Å². The second kappa shape index (κ2) is 10.3. The average molecular weight is 480 g/mol. The maximum Gasteiger partial charge on any atom is 0.404 e. The van der Waals surface area contributed by atoms with E-state index in [-0.39, 0.29) is 13.2 Å². The quantitative estimate of drug-likeness (QED) is 0.404. The molecule has 0 bridgehead atoms. The highest BCUT2D eigenvalue weighted by Crippen LogP contribution is 2.29. The minimum Gasteiger partial charge on any atom is -0.493 e. The number of benzene rings is 3. The molecule has 4 rings (SSSR count). The topological polar surface area (TPSA) is 106 Å². The molecule has 9 heteroatoms. The lowest BCUT2D eigenvalue weighted by Crippen LogP contribution is -2.36. The normalized spacial score (nSPS) is 11.7. The van der Waals surface area contributed by atoms with E-state index in [1.807, 2.05) is 30.3 Å². The number of hydrogen-bond donors (Lipinski definition) is 1. The Morgan fingerprint density at radius 3 is 2.47 bits per heavy atom. The van der Waals surface area contributed by atoms with Gasteiger partial charge in [0.1, 0.15) is 6.61 Å². The summed E-state index contributed by atoms with van der Waals surface area (Å²) in [6, 6.07) is 21.6. The highest BCUT2D eigenvalue weighted by Gasteiger charge is 2.20. The van der Waals surface area contributed by atoms with Gasteiger partial charge in [0.25, 0.3) is 0 Å². The van der Waals surface area contributed by atoms with E-state index in [1.54, 1.807) is 42.5 Å². The van der Waals surface area contributed by atoms with Gasteiger partial charge in [0.05, 0.1) is 24.9 Å². The lowest BCUT2D eigenvalue weighted by molar-refractivity contribution is 0.0603. The van der Waals surface area contributed by atoms with Crippen LogP contribution in [0.15, 0.2) is 77.6 Å². The van der Waals surface area contributed by atoms with Crippen molar-refractivity contribution in [3.8, 4) is 22.8 Å². The molecule has 2 N–H and O–H groups in total. The molecule has 174 valence electrons. The van der Waals surface area contributed by atoms with E-state index < -0.39 is 17.9 Å². The van der Waals surface area contributed by atoms with Gasteiger partial charge in [-0.2, -0.15) is 4.98 Å². The van der Waals surface area contributed by atoms with Crippen molar-refractivity contribution < 1.29 is 19.0 Å². The molecule has 0 radical (unpaired) electrons. The van der Waals surface area contributed by atoms with Gasteiger partial charge in [0, 0.05) is 16.0 Å². The summed E-state index contributed by atoms with van der Waals surface area (Å²) >= 11 is 6.26. The van der Waals surface area contributed by atoms with Gasteiger partial charge in [0.2, 0.25) is 0 Å². The first-order chi connectivity index (χ1) is 16.5. The number of hydrogen-bond acceptors (Lipinski definition) is 6. The molecule has 34 heavy (non-hydrogen) atoms. The molecule has 0 aliphatic rings. The van der Waals surface area contributed by atoms with Crippen LogP contribution < -0.4 is 20.9 Å². The fourth-order valence-electron chi connectivity index (χ4n) is 3.66. The molecule has 0 aliphatic heterocycles. The van der Waals surface area contributed by atoms with Crippen LogP contribution in [0.2, 0.25) is 5.02 Å². The van der Waals surface area contributed by atoms with Gasteiger partial charge >= 0.3 is 11.8 Å². The summed E-state index contributed by atoms with van der Waals surface area (Å²) in [6.07, 6.45) is -1.86. The van der Waals surface area contributed by atoms with Crippen LogP contribution in [0.4, 0.5) is 4.79 Å². The minimum atomic E-state index is -0.983. The number of aromatic nitrogens is 2. The number of fused-ring (bicyclic) bond motifs is 1. The molecule has 1 aromatic heterocycles. The van der Waals surface area contributed by atoms with Crippen molar-refractivity contribution in [2.75, 3.05) is 13.7 Å². The van der Waals surface area contributed by atoms with Crippen LogP contribution in [0.3, 0.4) is 0 Å². The molecular formula is C25H22ClN3O5. The van der Waals surface area contributed by atoms with Gasteiger partial charge in [-0.3, -0.25) is 4.57 Å². The molecule has 4 aromatic rings. The van der Waals surface area contributed by atoms with Crippen molar-refractivity contribution >= 4 is 28.6 Å². The predicted molar refractivity (Wildman–Crippen MR) is 129 cm³/mol. The molecule has 0 saturated carbocycles. The second-order valence-electron chi connectivity index (χ2n) is 7.40. The van der Waals surface area contributed by atoms with E-state index in [9.17, 15) is 9.59 Å². The first-order valence-electron chi connectivity index (χ1n) is 10.4. The van der Waals surface area contributed by atoms with Crippen molar-refractivity contribution in [2.24, 2.45) is 5.73 Å². The molecule has 0 fully saturated rings. The molecule has 1 unspecified atom stereocenters. The van der Waals surface area contributed by atoms with Crippen molar-refractivity contribution in [1.82, 2.24) is 9.55 Å². The van der Waals surface area contributed by atoms with Crippen LogP contribution in [0, 0.1) is 0 Å². The Balaban J connectivity index is 1.71. The lowest BCUT2D eigenvalue weighted by atomic mass is 10.1. The van der Waals surface area contributed by atoms with Crippen molar-refractivity contribution in [2.45, 2.75) is 12.6 Å². The van der Waals surface area contributed by atoms with Gasteiger partial charge < -0.3 is 19.9 Å². The van der Waals surface area contributed by atoms with Crippen LogP contribution in [0.1, 0.15) is 0 Å². The van der Waals surface area contributed by atoms with E-state index in [0.29, 0.717) is 33.1 Å². The molecule has 1 atom stereocenters. The third kappa shape index (κ3) is 5.13. The van der Waals surface area contributed by atoms with Gasteiger partial charge in [-0.15, -0.1) is 0 Å². The summed E-state index contributed by atoms with van der Waals surface area (Å²) in [6.45, 7) is -0.0948. The van der Waals surface area contributed by atoms with E-state index in [0.717, 1.165) is 5.56 Å². The maximum absolute atomic E-state index is 13.1. The van der Waals surface area contributed by atoms with Gasteiger partial charge in [-0.1, -0.05) is 54.1 Å². The number of halogens is 1. The summed E-state index contributed by atoms with van der Waals surface area (Å²) in [5.74, 6) is 0.982. The number of para-hydroxylation sites is 2. The molecule has 1 heterocycles. The van der Waals surface area contributed by atoms with E-state index in [2.05, 4.69) is 4.98 Å². The largest absolute Gasteiger partial charge is 0.493 e. The van der Waals surface area contributed by atoms with Crippen molar-refractivity contribution in [3.63, 3.8) is 0 Å². The smallest absolute Gasteiger partial charge is 0.404 e. The zero-order chi connectivity index (χ0) is 24.1. The maximum atomic E-state index is 13.1. The fraction of sp³-hybridized carbons (Fsp3) is 0.160. The van der Waals surface area contributed by atoms with E-state index in [4.69, 9.17) is 31.5 Å². The predicted octanol–water partition coefficient (Wildman–Crippen LogP) is 4.27.